The molecule has 1 saturated heterocycles. The SMILES string of the molecule is O=C1c2oc3ccccc3c(=O)c2[C@H](c2cccc(Cl)c2)N1[C@H]1CCS(=O)(=O)C1. The zero-order chi connectivity index (χ0) is 20.3. The van der Waals surface area contributed by atoms with E-state index in [1.807, 2.05) is 0 Å². The maximum absolute atomic E-state index is 13.3. The van der Waals surface area contributed by atoms with Crippen LogP contribution in [0.15, 0.2) is 57.7 Å². The molecule has 0 unspecified atom stereocenters. The van der Waals surface area contributed by atoms with Gasteiger partial charge in [-0.25, -0.2) is 8.42 Å². The van der Waals surface area contributed by atoms with E-state index in [0.717, 1.165) is 0 Å². The maximum Gasteiger partial charge on any atom is 0.291 e. The molecule has 8 heteroatoms. The number of fused-ring (bicyclic) bond motifs is 2. The number of carbonyl (C=O) groups excluding carboxylic acids is 1. The van der Waals surface area contributed by atoms with Crippen LogP contribution in [0.25, 0.3) is 11.0 Å². The number of benzene rings is 2. The summed E-state index contributed by atoms with van der Waals surface area (Å²) in [4.78, 5) is 28.1. The number of para-hydroxylation sites is 1. The second-order valence-electron chi connectivity index (χ2n) is 7.40. The number of halogens is 1. The van der Waals surface area contributed by atoms with Crippen molar-refractivity contribution in [1.82, 2.24) is 4.90 Å². The molecule has 0 saturated carbocycles. The topological polar surface area (TPSA) is 84.7 Å². The average molecular weight is 430 g/mol. The highest BCUT2D eigenvalue weighted by atomic mass is 35.5. The predicted octanol–water partition coefficient (Wildman–Crippen LogP) is 3.18. The van der Waals surface area contributed by atoms with Crippen molar-refractivity contribution in [2.45, 2.75) is 18.5 Å². The zero-order valence-corrected chi connectivity index (χ0v) is 16.7. The first-order valence-electron chi connectivity index (χ1n) is 9.20. The summed E-state index contributed by atoms with van der Waals surface area (Å²) in [5.74, 6) is -0.598. The Labute approximate surface area is 171 Å². The molecule has 0 aliphatic carbocycles. The van der Waals surface area contributed by atoms with E-state index >= 15 is 0 Å². The van der Waals surface area contributed by atoms with Gasteiger partial charge in [0.05, 0.1) is 28.5 Å². The number of rotatable bonds is 2. The van der Waals surface area contributed by atoms with Crippen LogP contribution in [0.1, 0.15) is 34.1 Å². The minimum atomic E-state index is -3.23. The molecule has 0 radical (unpaired) electrons. The molecular formula is C21H16ClNO5S. The summed E-state index contributed by atoms with van der Waals surface area (Å²) < 4.78 is 30.0. The van der Waals surface area contributed by atoms with E-state index in [-0.39, 0.29) is 28.3 Å². The third-order valence-electron chi connectivity index (χ3n) is 5.58. The van der Waals surface area contributed by atoms with E-state index in [0.29, 0.717) is 28.0 Å². The molecule has 1 aromatic heterocycles. The monoisotopic (exact) mass is 429 g/mol. The van der Waals surface area contributed by atoms with E-state index in [1.165, 1.54) is 4.90 Å². The molecule has 2 aliphatic rings. The molecule has 3 aromatic rings. The molecule has 2 aliphatic heterocycles. The van der Waals surface area contributed by atoms with Crippen molar-refractivity contribution in [3.63, 3.8) is 0 Å². The van der Waals surface area contributed by atoms with Gasteiger partial charge in [0.15, 0.2) is 15.3 Å². The van der Waals surface area contributed by atoms with Gasteiger partial charge in [-0.1, -0.05) is 35.9 Å². The number of carbonyl (C=O) groups is 1. The summed E-state index contributed by atoms with van der Waals surface area (Å²) in [6.07, 6.45) is 0.326. The van der Waals surface area contributed by atoms with Crippen LogP contribution in [0.4, 0.5) is 0 Å². The Balaban J connectivity index is 1.77. The first-order valence-corrected chi connectivity index (χ1v) is 11.4. The minimum Gasteiger partial charge on any atom is -0.450 e. The lowest BCUT2D eigenvalue weighted by Crippen LogP contribution is -2.40. The van der Waals surface area contributed by atoms with E-state index in [1.54, 1.807) is 48.5 Å². The van der Waals surface area contributed by atoms with Gasteiger partial charge in [-0.05, 0) is 36.2 Å². The largest absolute Gasteiger partial charge is 0.450 e. The lowest BCUT2D eigenvalue weighted by Gasteiger charge is -2.30. The van der Waals surface area contributed by atoms with Crippen LogP contribution in [0.2, 0.25) is 5.02 Å². The van der Waals surface area contributed by atoms with E-state index in [9.17, 15) is 18.0 Å². The van der Waals surface area contributed by atoms with Gasteiger partial charge in [-0.3, -0.25) is 9.59 Å². The molecule has 0 spiro atoms. The molecule has 2 aromatic carbocycles. The third kappa shape index (κ3) is 2.88. The summed E-state index contributed by atoms with van der Waals surface area (Å²) in [7, 11) is -3.23. The maximum atomic E-state index is 13.3. The van der Waals surface area contributed by atoms with E-state index in [4.69, 9.17) is 16.0 Å². The Morgan fingerprint density at radius 1 is 1.07 bits per heavy atom. The first-order chi connectivity index (χ1) is 13.9. The quantitative estimate of drug-likeness (QED) is 0.624. The Hall–Kier alpha value is -2.64. The van der Waals surface area contributed by atoms with Crippen LogP contribution in [-0.2, 0) is 9.84 Å². The first kappa shape index (κ1) is 18.4. The van der Waals surface area contributed by atoms with Gasteiger partial charge in [-0.15, -0.1) is 0 Å². The molecule has 0 N–H and O–H groups in total. The minimum absolute atomic E-state index is 0.0173. The Bertz CT molecular complexity index is 1330. The normalized spacial score (nSPS) is 22.9. The molecule has 148 valence electrons. The Morgan fingerprint density at radius 2 is 1.86 bits per heavy atom. The van der Waals surface area contributed by atoms with Crippen molar-refractivity contribution < 1.29 is 17.6 Å². The highest BCUT2D eigenvalue weighted by Crippen LogP contribution is 2.41. The second-order valence-corrected chi connectivity index (χ2v) is 10.1. The highest BCUT2D eigenvalue weighted by molar-refractivity contribution is 7.91. The average Bonchev–Trinajstić information content (AvgIpc) is 3.19. The van der Waals surface area contributed by atoms with Gasteiger partial charge in [0.25, 0.3) is 5.91 Å². The van der Waals surface area contributed by atoms with E-state index < -0.39 is 27.8 Å². The Morgan fingerprint density at radius 3 is 2.59 bits per heavy atom. The van der Waals surface area contributed by atoms with Crippen molar-refractivity contribution in [2.75, 3.05) is 11.5 Å². The molecule has 3 heterocycles. The van der Waals surface area contributed by atoms with Crippen molar-refractivity contribution >= 4 is 38.3 Å². The summed E-state index contributed by atoms with van der Waals surface area (Å²) in [5, 5.41) is 0.847. The summed E-state index contributed by atoms with van der Waals surface area (Å²) in [6.45, 7) is 0. The molecule has 2 atom stereocenters. The standard InChI is InChI=1S/C21H16ClNO5S/c22-13-5-3-4-12(10-13)18-17-19(24)15-6-1-2-7-16(15)28-20(17)21(25)23(18)14-8-9-29(26,27)11-14/h1-7,10,14,18H,8-9,11H2/t14-,18-/m0/s1. The van der Waals surface area contributed by atoms with Crippen LogP contribution >= 0.6 is 11.6 Å². The fourth-order valence-corrected chi connectivity index (χ4v) is 6.22. The number of sulfone groups is 1. The molecule has 1 fully saturated rings. The molecule has 29 heavy (non-hydrogen) atoms. The van der Waals surface area contributed by atoms with Crippen LogP contribution in [0, 0.1) is 0 Å². The lowest BCUT2D eigenvalue weighted by atomic mass is 9.97. The highest BCUT2D eigenvalue weighted by Gasteiger charge is 2.48. The predicted molar refractivity (Wildman–Crippen MR) is 109 cm³/mol. The summed E-state index contributed by atoms with van der Waals surface area (Å²) >= 11 is 6.17. The van der Waals surface area contributed by atoms with Gasteiger partial charge >= 0.3 is 0 Å². The van der Waals surface area contributed by atoms with Crippen LogP contribution in [-0.4, -0.2) is 36.8 Å². The number of amides is 1. The van der Waals surface area contributed by atoms with Gasteiger partial charge < -0.3 is 9.32 Å². The second kappa shape index (κ2) is 6.43. The molecule has 5 rings (SSSR count). The smallest absolute Gasteiger partial charge is 0.291 e. The fraction of sp³-hybridized carbons (Fsp3) is 0.238. The summed E-state index contributed by atoms with van der Waals surface area (Å²) in [6, 6.07) is 12.4. The molecule has 0 bridgehead atoms. The molecule has 1 amide bonds. The van der Waals surface area contributed by atoms with Crippen molar-refractivity contribution in [2.24, 2.45) is 0 Å². The lowest BCUT2D eigenvalue weighted by molar-refractivity contribution is 0.0662. The molecular weight excluding hydrogens is 414 g/mol. The van der Waals surface area contributed by atoms with Gasteiger partial charge in [-0.2, -0.15) is 0 Å². The van der Waals surface area contributed by atoms with Crippen molar-refractivity contribution in [3.05, 3.63) is 80.7 Å². The Kier molecular flexibility index (Phi) is 4.08. The zero-order valence-electron chi connectivity index (χ0n) is 15.2. The number of hydrogen-bond donors (Lipinski definition) is 0. The number of hydrogen-bond acceptors (Lipinski definition) is 5. The van der Waals surface area contributed by atoms with Crippen molar-refractivity contribution in [1.29, 1.82) is 0 Å². The van der Waals surface area contributed by atoms with Gasteiger partial charge in [0, 0.05) is 11.1 Å². The fourth-order valence-electron chi connectivity index (χ4n) is 4.31. The number of nitrogens with zero attached hydrogens (tertiary/aromatic N) is 1. The van der Waals surface area contributed by atoms with Crippen LogP contribution in [0.3, 0.4) is 0 Å². The van der Waals surface area contributed by atoms with Crippen LogP contribution < -0.4 is 5.43 Å². The third-order valence-corrected chi connectivity index (χ3v) is 7.56. The van der Waals surface area contributed by atoms with Gasteiger partial charge in [0.2, 0.25) is 5.76 Å². The van der Waals surface area contributed by atoms with Crippen molar-refractivity contribution in [3.8, 4) is 0 Å². The molecule has 6 nitrogen and oxygen atoms in total. The van der Waals surface area contributed by atoms with Gasteiger partial charge in [0.1, 0.15) is 5.58 Å². The van der Waals surface area contributed by atoms with E-state index in [2.05, 4.69) is 0 Å². The van der Waals surface area contributed by atoms with Crippen LogP contribution in [0.5, 0.6) is 0 Å². The summed E-state index contributed by atoms with van der Waals surface area (Å²) in [5.41, 5.74) is 0.926.